The fourth-order valence-electron chi connectivity index (χ4n) is 3.16. The molecule has 0 aliphatic carbocycles. The third-order valence-electron chi connectivity index (χ3n) is 4.52. The molecule has 3 aromatic rings. The highest BCUT2D eigenvalue weighted by Gasteiger charge is 2.19. The van der Waals surface area contributed by atoms with Crippen molar-refractivity contribution in [2.24, 2.45) is 7.05 Å². The Balaban J connectivity index is 2.24. The quantitative estimate of drug-likeness (QED) is 0.701. The van der Waals surface area contributed by atoms with Crippen LogP contribution in [-0.2, 0) is 26.6 Å². The summed E-state index contributed by atoms with van der Waals surface area (Å²) in [6.45, 7) is 4.62. The van der Waals surface area contributed by atoms with E-state index in [1.165, 1.54) is 4.57 Å². The van der Waals surface area contributed by atoms with Gasteiger partial charge in [-0.25, -0.2) is 9.78 Å². The van der Waals surface area contributed by atoms with Crippen molar-refractivity contribution in [1.29, 1.82) is 5.26 Å². The van der Waals surface area contributed by atoms with Gasteiger partial charge in [-0.1, -0.05) is 26.0 Å². The van der Waals surface area contributed by atoms with Gasteiger partial charge in [-0.15, -0.1) is 0 Å². The molecule has 0 unspecified atom stereocenters. The molecule has 26 heavy (non-hydrogen) atoms. The lowest BCUT2D eigenvalue weighted by atomic mass is 10.1. The van der Waals surface area contributed by atoms with E-state index >= 15 is 0 Å². The Bertz CT molecular complexity index is 1110. The van der Waals surface area contributed by atoms with E-state index in [1.807, 2.05) is 20.9 Å². The molecule has 0 aliphatic rings. The summed E-state index contributed by atoms with van der Waals surface area (Å²) in [7, 11) is 1.81. The second-order valence-electron chi connectivity index (χ2n) is 6.25. The number of nitrogens with zero attached hydrogens (tertiary/aromatic N) is 5. The summed E-state index contributed by atoms with van der Waals surface area (Å²) < 4.78 is 4.61. The van der Waals surface area contributed by atoms with Gasteiger partial charge >= 0.3 is 5.69 Å². The highest BCUT2D eigenvalue weighted by atomic mass is 16.2. The molecule has 0 aliphatic heterocycles. The van der Waals surface area contributed by atoms with Crippen molar-refractivity contribution in [1.82, 2.24) is 18.7 Å². The van der Waals surface area contributed by atoms with E-state index in [1.54, 1.807) is 33.4 Å². The SMILES string of the molecule is CCCn1c(=O)n(Cc2ccc(C#N)cc2)c(=O)c2c1nc(CC)n2C. The highest BCUT2D eigenvalue weighted by Crippen LogP contribution is 2.12. The monoisotopic (exact) mass is 351 g/mol. The maximum absolute atomic E-state index is 13.0. The lowest BCUT2D eigenvalue weighted by molar-refractivity contribution is 0.588. The van der Waals surface area contributed by atoms with Crippen LogP contribution in [0.15, 0.2) is 33.9 Å². The third kappa shape index (κ3) is 2.84. The van der Waals surface area contributed by atoms with Crippen molar-refractivity contribution in [2.75, 3.05) is 0 Å². The zero-order valence-corrected chi connectivity index (χ0v) is 15.2. The summed E-state index contributed by atoms with van der Waals surface area (Å²) in [5, 5.41) is 8.91. The first-order valence-electron chi connectivity index (χ1n) is 8.69. The zero-order valence-electron chi connectivity index (χ0n) is 15.2. The van der Waals surface area contributed by atoms with Gasteiger partial charge in [0.25, 0.3) is 5.56 Å². The molecule has 0 radical (unpaired) electrons. The molecule has 2 aromatic heterocycles. The van der Waals surface area contributed by atoms with E-state index < -0.39 is 0 Å². The second-order valence-corrected chi connectivity index (χ2v) is 6.25. The minimum absolute atomic E-state index is 0.162. The minimum atomic E-state index is -0.352. The average molecular weight is 351 g/mol. The first-order chi connectivity index (χ1) is 12.5. The molecule has 0 amide bonds. The Kier molecular flexibility index (Phi) is 4.76. The Hall–Kier alpha value is -3.14. The molecule has 134 valence electrons. The van der Waals surface area contributed by atoms with E-state index in [9.17, 15) is 9.59 Å². The predicted molar refractivity (Wildman–Crippen MR) is 99.2 cm³/mol. The number of hydrogen-bond donors (Lipinski definition) is 0. The predicted octanol–water partition coefficient (Wildman–Crippen LogP) is 1.79. The highest BCUT2D eigenvalue weighted by molar-refractivity contribution is 5.71. The summed E-state index contributed by atoms with van der Waals surface area (Å²) in [6, 6.07) is 8.95. The number of rotatable bonds is 5. The summed E-state index contributed by atoms with van der Waals surface area (Å²) >= 11 is 0. The summed E-state index contributed by atoms with van der Waals surface area (Å²) in [5.74, 6) is 0.775. The van der Waals surface area contributed by atoms with E-state index in [-0.39, 0.29) is 17.8 Å². The first kappa shape index (κ1) is 17.7. The first-order valence-corrected chi connectivity index (χ1v) is 8.69. The Morgan fingerprint density at radius 1 is 1.12 bits per heavy atom. The number of hydrogen-bond acceptors (Lipinski definition) is 4. The van der Waals surface area contributed by atoms with Crippen LogP contribution in [0.25, 0.3) is 11.2 Å². The number of fused-ring (bicyclic) bond motifs is 1. The number of benzene rings is 1. The van der Waals surface area contributed by atoms with Gasteiger partial charge in [0, 0.05) is 20.0 Å². The number of aryl methyl sites for hydroxylation is 3. The normalized spacial score (nSPS) is 11.0. The second kappa shape index (κ2) is 7.00. The van der Waals surface area contributed by atoms with Crippen LogP contribution >= 0.6 is 0 Å². The molecule has 1 aromatic carbocycles. The van der Waals surface area contributed by atoms with Crippen LogP contribution < -0.4 is 11.2 Å². The van der Waals surface area contributed by atoms with Crippen LogP contribution in [0.1, 0.15) is 37.2 Å². The van der Waals surface area contributed by atoms with Gasteiger partial charge in [0.1, 0.15) is 5.82 Å². The fraction of sp³-hybridized carbons (Fsp3) is 0.368. The molecule has 3 rings (SSSR count). The van der Waals surface area contributed by atoms with Gasteiger partial charge in [0.15, 0.2) is 11.2 Å². The van der Waals surface area contributed by atoms with Crippen LogP contribution in [0.3, 0.4) is 0 Å². The van der Waals surface area contributed by atoms with Crippen LogP contribution in [-0.4, -0.2) is 18.7 Å². The lowest BCUT2D eigenvalue weighted by Crippen LogP contribution is -2.40. The Labute approximate surface area is 150 Å². The van der Waals surface area contributed by atoms with Crippen molar-refractivity contribution in [3.63, 3.8) is 0 Å². The molecule has 0 bridgehead atoms. The van der Waals surface area contributed by atoms with E-state index in [0.717, 1.165) is 17.8 Å². The smallest absolute Gasteiger partial charge is 0.325 e. The van der Waals surface area contributed by atoms with E-state index in [0.29, 0.717) is 29.7 Å². The van der Waals surface area contributed by atoms with Crippen LogP contribution in [0.2, 0.25) is 0 Å². The van der Waals surface area contributed by atoms with Gasteiger partial charge in [-0.3, -0.25) is 13.9 Å². The molecule has 0 saturated carbocycles. The molecule has 2 heterocycles. The Morgan fingerprint density at radius 3 is 2.38 bits per heavy atom. The van der Waals surface area contributed by atoms with Crippen molar-refractivity contribution >= 4 is 11.2 Å². The number of nitriles is 1. The molecule has 0 saturated heterocycles. The molecular weight excluding hydrogens is 330 g/mol. The van der Waals surface area contributed by atoms with Gasteiger partial charge in [-0.05, 0) is 24.1 Å². The van der Waals surface area contributed by atoms with Crippen molar-refractivity contribution in [3.05, 3.63) is 62.1 Å². The van der Waals surface area contributed by atoms with Crippen LogP contribution in [0.4, 0.5) is 0 Å². The van der Waals surface area contributed by atoms with Gasteiger partial charge < -0.3 is 4.57 Å². The van der Waals surface area contributed by atoms with E-state index in [4.69, 9.17) is 5.26 Å². The van der Waals surface area contributed by atoms with Gasteiger partial charge in [-0.2, -0.15) is 5.26 Å². The van der Waals surface area contributed by atoms with Crippen molar-refractivity contribution in [2.45, 2.75) is 39.8 Å². The molecule has 0 N–H and O–H groups in total. The number of imidazole rings is 1. The fourth-order valence-corrected chi connectivity index (χ4v) is 3.16. The molecule has 0 fully saturated rings. The standard InChI is InChI=1S/C19H21N5O2/c1-4-10-23-17-16(22(3)15(5-2)21-17)18(25)24(19(23)26)12-14-8-6-13(11-20)7-9-14/h6-9H,4-5,10,12H2,1-3H3. The lowest BCUT2D eigenvalue weighted by Gasteiger charge is -2.11. The Morgan fingerprint density at radius 2 is 1.81 bits per heavy atom. The van der Waals surface area contributed by atoms with Crippen molar-refractivity contribution < 1.29 is 0 Å². The van der Waals surface area contributed by atoms with Crippen LogP contribution in [0.5, 0.6) is 0 Å². The number of aromatic nitrogens is 4. The molecule has 7 nitrogen and oxygen atoms in total. The zero-order chi connectivity index (χ0) is 18.8. The third-order valence-corrected chi connectivity index (χ3v) is 4.52. The van der Waals surface area contributed by atoms with Crippen LogP contribution in [0, 0.1) is 11.3 Å². The molecule has 7 heteroatoms. The molecule has 0 atom stereocenters. The average Bonchev–Trinajstić information content (AvgIpc) is 2.99. The maximum Gasteiger partial charge on any atom is 0.333 e. The van der Waals surface area contributed by atoms with Crippen molar-refractivity contribution in [3.8, 4) is 6.07 Å². The summed E-state index contributed by atoms with van der Waals surface area (Å²) in [5.41, 5.74) is 1.55. The maximum atomic E-state index is 13.0. The van der Waals surface area contributed by atoms with Gasteiger partial charge in [0.05, 0.1) is 18.2 Å². The molecule has 0 spiro atoms. The topological polar surface area (TPSA) is 85.6 Å². The molecular formula is C19H21N5O2. The van der Waals surface area contributed by atoms with Gasteiger partial charge in [0.2, 0.25) is 0 Å². The minimum Gasteiger partial charge on any atom is -0.325 e. The summed E-state index contributed by atoms with van der Waals surface area (Å²) in [4.78, 5) is 30.5. The summed E-state index contributed by atoms with van der Waals surface area (Å²) in [6.07, 6.45) is 1.45. The van der Waals surface area contributed by atoms with E-state index in [2.05, 4.69) is 11.1 Å². The largest absolute Gasteiger partial charge is 0.333 e.